The third kappa shape index (κ3) is 4.20. The van der Waals surface area contributed by atoms with E-state index in [1.165, 1.54) is 12.3 Å². The van der Waals surface area contributed by atoms with Crippen LogP contribution in [0.2, 0.25) is 0 Å². The van der Waals surface area contributed by atoms with Crippen molar-refractivity contribution in [1.82, 2.24) is 10.3 Å². The highest BCUT2D eigenvalue weighted by Crippen LogP contribution is 2.18. The predicted molar refractivity (Wildman–Crippen MR) is 72.0 cm³/mol. The van der Waals surface area contributed by atoms with Gasteiger partial charge in [0.25, 0.3) is 5.69 Å². The number of rotatable bonds is 5. The van der Waals surface area contributed by atoms with Crippen LogP contribution >= 0.6 is 0 Å². The van der Waals surface area contributed by atoms with E-state index >= 15 is 0 Å². The second-order valence-corrected chi connectivity index (χ2v) is 4.65. The lowest BCUT2D eigenvalue weighted by atomic mass is 10.2. The average Bonchev–Trinajstić information content (AvgIpc) is 2.30. The van der Waals surface area contributed by atoms with E-state index in [0.29, 0.717) is 11.4 Å². The molecule has 1 rings (SSSR count). The van der Waals surface area contributed by atoms with Gasteiger partial charge in [-0.15, -0.1) is 0 Å². The fourth-order valence-electron chi connectivity index (χ4n) is 1.49. The van der Waals surface area contributed by atoms with E-state index in [1.807, 2.05) is 13.8 Å². The molecule has 0 saturated heterocycles. The van der Waals surface area contributed by atoms with Gasteiger partial charge in [0.1, 0.15) is 18.1 Å². The van der Waals surface area contributed by atoms with Gasteiger partial charge >= 0.3 is 0 Å². The van der Waals surface area contributed by atoms with Gasteiger partial charge in [0, 0.05) is 12.1 Å². The van der Waals surface area contributed by atoms with Crippen molar-refractivity contribution in [3.63, 3.8) is 0 Å². The van der Waals surface area contributed by atoms with Crippen LogP contribution in [0.1, 0.15) is 26.3 Å². The largest absolute Gasteiger partial charge is 0.358 e. The Kier molecular flexibility index (Phi) is 4.80. The zero-order valence-corrected chi connectivity index (χ0v) is 11.4. The number of aryl methyl sites for hydroxylation is 1. The number of hydrogen-bond donors (Lipinski definition) is 2. The summed E-state index contributed by atoms with van der Waals surface area (Å²) < 4.78 is 0. The minimum atomic E-state index is -0.501. The molecule has 104 valence electrons. The number of hydrogen-bond acceptors (Lipinski definition) is 5. The summed E-state index contributed by atoms with van der Waals surface area (Å²) in [5.41, 5.74) is 0.556. The summed E-state index contributed by atoms with van der Waals surface area (Å²) >= 11 is 0. The van der Waals surface area contributed by atoms with E-state index in [4.69, 9.17) is 0 Å². The fourth-order valence-corrected chi connectivity index (χ4v) is 1.49. The monoisotopic (exact) mass is 266 g/mol. The molecule has 7 nitrogen and oxygen atoms in total. The van der Waals surface area contributed by atoms with Crippen LogP contribution in [0.5, 0.6) is 0 Å². The number of nitrogens with zero attached hydrogens (tertiary/aromatic N) is 2. The van der Waals surface area contributed by atoms with Crippen LogP contribution in [0.15, 0.2) is 12.3 Å². The van der Waals surface area contributed by atoms with Gasteiger partial charge in [-0.25, -0.2) is 4.98 Å². The Bertz CT molecular complexity index is 488. The molecule has 1 heterocycles. The first kappa shape index (κ1) is 14.9. The van der Waals surface area contributed by atoms with E-state index in [1.54, 1.807) is 13.8 Å². The number of anilines is 1. The zero-order valence-electron chi connectivity index (χ0n) is 11.4. The lowest BCUT2D eigenvalue weighted by Crippen LogP contribution is -2.41. The zero-order chi connectivity index (χ0) is 14.6. The molecule has 0 aromatic carbocycles. The summed E-state index contributed by atoms with van der Waals surface area (Å²) in [6, 6.07) is 1.01. The smallest absolute Gasteiger partial charge is 0.287 e. The lowest BCUT2D eigenvalue weighted by Gasteiger charge is -2.17. The Labute approximate surface area is 111 Å². The molecule has 0 aliphatic rings. The Hall–Kier alpha value is -2.18. The molecule has 1 amide bonds. The van der Waals surface area contributed by atoms with Crippen molar-refractivity contribution in [2.45, 2.75) is 39.8 Å². The van der Waals surface area contributed by atoms with Gasteiger partial charge in [-0.1, -0.05) is 0 Å². The van der Waals surface area contributed by atoms with Gasteiger partial charge in [-0.05, 0) is 33.3 Å². The maximum Gasteiger partial charge on any atom is 0.287 e. The molecular weight excluding hydrogens is 248 g/mol. The highest BCUT2D eigenvalue weighted by atomic mass is 16.6. The Balaban J connectivity index is 2.77. The standard InChI is InChI=1S/C12H18N4O3/c1-7(2)14-12(17)9(4)15-11-8(3)5-10(6-13-11)16(18)19/h5-7,9H,1-4H3,(H,13,15)(H,14,17). The van der Waals surface area contributed by atoms with Crippen LogP contribution in [0.3, 0.4) is 0 Å². The topological polar surface area (TPSA) is 97.2 Å². The van der Waals surface area contributed by atoms with Crippen LogP contribution in [0.25, 0.3) is 0 Å². The molecule has 1 aromatic rings. The van der Waals surface area contributed by atoms with Gasteiger partial charge < -0.3 is 10.6 Å². The van der Waals surface area contributed by atoms with E-state index in [0.717, 1.165) is 0 Å². The number of aromatic nitrogens is 1. The third-order valence-corrected chi connectivity index (χ3v) is 2.45. The fraction of sp³-hybridized carbons (Fsp3) is 0.500. The summed E-state index contributed by atoms with van der Waals surface area (Å²) in [5, 5.41) is 16.3. The summed E-state index contributed by atoms with van der Waals surface area (Å²) in [4.78, 5) is 25.8. The molecule has 0 bridgehead atoms. The molecule has 0 spiro atoms. The highest BCUT2D eigenvalue weighted by Gasteiger charge is 2.16. The van der Waals surface area contributed by atoms with E-state index < -0.39 is 11.0 Å². The number of pyridine rings is 1. The lowest BCUT2D eigenvalue weighted by molar-refractivity contribution is -0.385. The second-order valence-electron chi connectivity index (χ2n) is 4.65. The Morgan fingerprint density at radius 2 is 2.05 bits per heavy atom. The number of amides is 1. The molecule has 19 heavy (non-hydrogen) atoms. The third-order valence-electron chi connectivity index (χ3n) is 2.45. The average molecular weight is 266 g/mol. The normalized spacial score (nSPS) is 12.1. The quantitative estimate of drug-likeness (QED) is 0.623. The van der Waals surface area contributed by atoms with Gasteiger partial charge in [0.05, 0.1) is 4.92 Å². The molecule has 1 aromatic heterocycles. The minimum absolute atomic E-state index is 0.0580. The van der Waals surface area contributed by atoms with Crippen LogP contribution in [-0.4, -0.2) is 27.9 Å². The number of nitrogens with one attached hydrogen (secondary N) is 2. The molecule has 1 unspecified atom stereocenters. The molecule has 0 saturated carbocycles. The molecule has 0 aliphatic heterocycles. The molecule has 0 aliphatic carbocycles. The van der Waals surface area contributed by atoms with E-state index in [2.05, 4.69) is 15.6 Å². The first-order valence-corrected chi connectivity index (χ1v) is 5.99. The van der Waals surface area contributed by atoms with Crippen molar-refractivity contribution in [3.8, 4) is 0 Å². The summed E-state index contributed by atoms with van der Waals surface area (Å²) in [5.74, 6) is 0.326. The van der Waals surface area contributed by atoms with Gasteiger partial charge in [-0.2, -0.15) is 0 Å². The molecule has 0 radical (unpaired) electrons. The predicted octanol–water partition coefficient (Wildman–Crippen LogP) is 1.62. The summed E-state index contributed by atoms with van der Waals surface area (Å²) in [6.07, 6.45) is 1.17. The molecule has 7 heteroatoms. The van der Waals surface area contributed by atoms with Gasteiger partial charge in [-0.3, -0.25) is 14.9 Å². The van der Waals surface area contributed by atoms with Gasteiger partial charge in [0.15, 0.2) is 0 Å². The van der Waals surface area contributed by atoms with Crippen molar-refractivity contribution in [2.24, 2.45) is 0 Å². The summed E-state index contributed by atoms with van der Waals surface area (Å²) in [7, 11) is 0. The Morgan fingerprint density at radius 3 is 2.53 bits per heavy atom. The summed E-state index contributed by atoms with van der Waals surface area (Å²) in [6.45, 7) is 7.16. The number of nitro groups is 1. The van der Waals surface area contributed by atoms with Crippen molar-refractivity contribution in [2.75, 3.05) is 5.32 Å². The Morgan fingerprint density at radius 1 is 1.42 bits per heavy atom. The minimum Gasteiger partial charge on any atom is -0.358 e. The molecule has 0 fully saturated rings. The van der Waals surface area contributed by atoms with E-state index in [9.17, 15) is 14.9 Å². The molecular formula is C12H18N4O3. The van der Waals surface area contributed by atoms with Crippen molar-refractivity contribution >= 4 is 17.4 Å². The highest BCUT2D eigenvalue weighted by molar-refractivity contribution is 5.84. The molecule has 2 N–H and O–H groups in total. The van der Waals surface area contributed by atoms with Crippen LogP contribution in [0.4, 0.5) is 11.5 Å². The molecule has 1 atom stereocenters. The van der Waals surface area contributed by atoms with Crippen LogP contribution in [0, 0.1) is 17.0 Å². The maximum absolute atomic E-state index is 11.7. The maximum atomic E-state index is 11.7. The number of carbonyl (C=O) groups excluding carboxylic acids is 1. The second kappa shape index (κ2) is 6.12. The van der Waals surface area contributed by atoms with Gasteiger partial charge in [0.2, 0.25) is 5.91 Å². The van der Waals surface area contributed by atoms with Crippen molar-refractivity contribution in [1.29, 1.82) is 0 Å². The van der Waals surface area contributed by atoms with Crippen LogP contribution in [-0.2, 0) is 4.79 Å². The van der Waals surface area contributed by atoms with Crippen molar-refractivity contribution < 1.29 is 9.72 Å². The van der Waals surface area contributed by atoms with E-state index in [-0.39, 0.29) is 17.6 Å². The first-order valence-electron chi connectivity index (χ1n) is 5.99. The first-order chi connectivity index (χ1) is 8.81. The van der Waals surface area contributed by atoms with Crippen LogP contribution < -0.4 is 10.6 Å². The SMILES string of the molecule is Cc1cc([N+](=O)[O-])cnc1NC(C)C(=O)NC(C)C. The number of carbonyl (C=O) groups is 1. The van der Waals surface area contributed by atoms with Crippen molar-refractivity contribution in [3.05, 3.63) is 27.9 Å².